The Hall–Kier alpha value is -1.61. The Kier molecular flexibility index (Phi) is 4.61. The van der Waals surface area contributed by atoms with E-state index in [2.05, 4.69) is 27.1 Å². The summed E-state index contributed by atoms with van der Waals surface area (Å²) in [7, 11) is 0. The molecular weight excluding hydrogens is 309 g/mol. The molecule has 2 aromatic rings. The molecule has 2 aromatic heterocycles. The monoisotopic (exact) mass is 318 g/mol. The molecule has 0 fully saturated rings. The molecule has 20 heavy (non-hydrogen) atoms. The molecule has 0 aliphatic carbocycles. The summed E-state index contributed by atoms with van der Waals surface area (Å²) in [5.41, 5.74) is -0.771. The average Bonchev–Trinajstić information content (AvgIpc) is 2.83. The van der Waals surface area contributed by atoms with E-state index in [0.29, 0.717) is 21.0 Å². The zero-order valence-corrected chi connectivity index (χ0v) is 11.6. The van der Waals surface area contributed by atoms with E-state index in [9.17, 15) is 13.2 Å². The topological polar surface area (TPSA) is 50.7 Å². The quantitative estimate of drug-likeness (QED) is 0.852. The lowest BCUT2D eigenvalue weighted by atomic mass is 10.3. The molecule has 0 aromatic carbocycles. The summed E-state index contributed by atoms with van der Waals surface area (Å²) >= 11 is 2.46. The fourth-order valence-corrected chi connectivity index (χ4v) is 2.83. The number of anilines is 1. The minimum absolute atomic E-state index is 0.435. The maximum atomic E-state index is 12.4. The van der Waals surface area contributed by atoms with Crippen molar-refractivity contribution in [2.45, 2.75) is 15.5 Å². The van der Waals surface area contributed by atoms with Crippen molar-refractivity contribution in [1.29, 1.82) is 0 Å². The van der Waals surface area contributed by atoms with Crippen LogP contribution < -0.4 is 5.32 Å². The standard InChI is InChI=1S/C11H9F3N4S2/c1-2-5-15-9-17-18-10(20-9)19-8-4-3-7(6-16-8)11(12,13)14/h2-4,6H,1,5H2,(H,15,17). The van der Waals surface area contributed by atoms with E-state index in [4.69, 9.17) is 0 Å². The SMILES string of the molecule is C=CCNc1nnc(Sc2ccc(C(F)(F)F)cn2)s1. The molecule has 0 spiro atoms. The van der Waals surface area contributed by atoms with E-state index in [0.717, 1.165) is 24.0 Å². The number of hydrogen-bond donors (Lipinski definition) is 1. The lowest BCUT2D eigenvalue weighted by Gasteiger charge is -2.05. The predicted molar refractivity (Wildman–Crippen MR) is 72.0 cm³/mol. The molecule has 0 aliphatic rings. The minimum atomic E-state index is -4.37. The Morgan fingerprint density at radius 1 is 1.35 bits per heavy atom. The number of hydrogen-bond acceptors (Lipinski definition) is 6. The van der Waals surface area contributed by atoms with Crippen LogP contribution in [0, 0.1) is 0 Å². The van der Waals surface area contributed by atoms with Gasteiger partial charge in [-0.25, -0.2) is 4.98 Å². The van der Waals surface area contributed by atoms with Gasteiger partial charge in [0.25, 0.3) is 0 Å². The van der Waals surface area contributed by atoms with Crippen molar-refractivity contribution < 1.29 is 13.2 Å². The van der Waals surface area contributed by atoms with Crippen LogP contribution in [-0.4, -0.2) is 21.7 Å². The predicted octanol–water partition coefficient (Wildman–Crippen LogP) is 3.70. The van der Waals surface area contributed by atoms with E-state index >= 15 is 0 Å². The molecule has 2 rings (SSSR count). The van der Waals surface area contributed by atoms with Crippen LogP contribution in [0.1, 0.15) is 5.56 Å². The summed E-state index contributed by atoms with van der Waals surface area (Å²) in [6.45, 7) is 4.13. The van der Waals surface area contributed by atoms with E-state index in [1.165, 1.54) is 17.4 Å². The maximum absolute atomic E-state index is 12.4. The number of halogens is 3. The molecule has 2 heterocycles. The van der Waals surface area contributed by atoms with Crippen LogP contribution in [-0.2, 0) is 6.18 Å². The fourth-order valence-electron chi connectivity index (χ4n) is 1.18. The van der Waals surface area contributed by atoms with Crippen molar-refractivity contribution in [3.8, 4) is 0 Å². The van der Waals surface area contributed by atoms with Crippen LogP contribution >= 0.6 is 23.1 Å². The summed E-state index contributed by atoms with van der Waals surface area (Å²) in [6, 6.07) is 2.30. The van der Waals surface area contributed by atoms with Gasteiger partial charge in [0, 0.05) is 12.7 Å². The van der Waals surface area contributed by atoms with E-state index in [-0.39, 0.29) is 0 Å². The molecule has 9 heteroatoms. The summed E-state index contributed by atoms with van der Waals surface area (Å²) in [5.74, 6) is 0. The lowest BCUT2D eigenvalue weighted by Crippen LogP contribution is -2.04. The van der Waals surface area contributed by atoms with Gasteiger partial charge < -0.3 is 5.32 Å². The third-order valence-electron chi connectivity index (χ3n) is 2.06. The van der Waals surface area contributed by atoms with Crippen molar-refractivity contribution in [3.05, 3.63) is 36.5 Å². The van der Waals surface area contributed by atoms with Gasteiger partial charge in [-0.3, -0.25) is 0 Å². The summed E-state index contributed by atoms with van der Waals surface area (Å²) in [6.07, 6.45) is -1.88. The maximum Gasteiger partial charge on any atom is 0.417 e. The van der Waals surface area contributed by atoms with Crippen molar-refractivity contribution in [2.75, 3.05) is 11.9 Å². The Labute approximate surface area is 121 Å². The van der Waals surface area contributed by atoms with Gasteiger partial charge in [-0.1, -0.05) is 17.4 Å². The Bertz CT molecular complexity index is 580. The number of nitrogens with one attached hydrogen (secondary N) is 1. The molecule has 0 radical (unpaired) electrons. The highest BCUT2D eigenvalue weighted by Crippen LogP contribution is 2.33. The van der Waals surface area contributed by atoms with Gasteiger partial charge in [0.15, 0.2) is 4.34 Å². The van der Waals surface area contributed by atoms with Gasteiger partial charge in [0.05, 0.1) is 5.56 Å². The first-order valence-corrected chi connectivity index (χ1v) is 7.01. The van der Waals surface area contributed by atoms with Crippen LogP contribution in [0.25, 0.3) is 0 Å². The first-order valence-electron chi connectivity index (χ1n) is 5.38. The lowest BCUT2D eigenvalue weighted by molar-refractivity contribution is -0.137. The van der Waals surface area contributed by atoms with Gasteiger partial charge >= 0.3 is 6.18 Å². The van der Waals surface area contributed by atoms with Gasteiger partial charge in [-0.2, -0.15) is 13.2 Å². The molecule has 106 valence electrons. The second-order valence-electron chi connectivity index (χ2n) is 3.53. The highest BCUT2D eigenvalue weighted by molar-refractivity contribution is 8.01. The van der Waals surface area contributed by atoms with E-state index in [1.54, 1.807) is 6.08 Å². The molecule has 0 amide bonds. The molecule has 0 saturated carbocycles. The zero-order chi connectivity index (χ0) is 14.6. The third kappa shape index (κ3) is 3.94. The first kappa shape index (κ1) is 14.8. The molecule has 0 unspecified atom stereocenters. The summed E-state index contributed by atoms with van der Waals surface area (Å²) in [4.78, 5) is 3.76. The normalized spacial score (nSPS) is 11.3. The number of pyridine rings is 1. The minimum Gasteiger partial charge on any atom is -0.357 e. The summed E-state index contributed by atoms with van der Waals surface area (Å²) in [5, 5.41) is 11.8. The number of nitrogens with zero attached hydrogens (tertiary/aromatic N) is 3. The highest BCUT2D eigenvalue weighted by atomic mass is 32.2. The van der Waals surface area contributed by atoms with E-state index in [1.807, 2.05) is 0 Å². The molecule has 0 saturated heterocycles. The molecule has 0 atom stereocenters. The van der Waals surface area contributed by atoms with E-state index < -0.39 is 11.7 Å². The Morgan fingerprint density at radius 3 is 2.75 bits per heavy atom. The number of rotatable bonds is 5. The van der Waals surface area contributed by atoms with Gasteiger partial charge in [-0.15, -0.1) is 16.8 Å². The number of aromatic nitrogens is 3. The van der Waals surface area contributed by atoms with Gasteiger partial charge in [-0.05, 0) is 23.9 Å². The Morgan fingerprint density at radius 2 is 2.15 bits per heavy atom. The second kappa shape index (κ2) is 6.23. The van der Waals surface area contributed by atoms with Crippen LogP contribution in [0.2, 0.25) is 0 Å². The zero-order valence-electron chi connectivity index (χ0n) is 10.0. The molecule has 1 N–H and O–H groups in total. The van der Waals surface area contributed by atoms with Crippen LogP contribution in [0.5, 0.6) is 0 Å². The third-order valence-corrected chi connectivity index (χ3v) is 3.94. The largest absolute Gasteiger partial charge is 0.417 e. The van der Waals surface area contributed by atoms with Crippen molar-refractivity contribution in [3.63, 3.8) is 0 Å². The van der Waals surface area contributed by atoms with Gasteiger partial charge in [0.1, 0.15) is 5.03 Å². The highest BCUT2D eigenvalue weighted by Gasteiger charge is 2.30. The van der Waals surface area contributed by atoms with Crippen LogP contribution in [0.3, 0.4) is 0 Å². The van der Waals surface area contributed by atoms with Crippen LogP contribution in [0.4, 0.5) is 18.3 Å². The van der Waals surface area contributed by atoms with Crippen molar-refractivity contribution >= 4 is 28.2 Å². The van der Waals surface area contributed by atoms with Crippen LogP contribution in [0.15, 0.2) is 40.4 Å². The molecular formula is C11H9F3N4S2. The van der Waals surface area contributed by atoms with Gasteiger partial charge in [0.2, 0.25) is 5.13 Å². The second-order valence-corrected chi connectivity index (χ2v) is 5.77. The first-order chi connectivity index (χ1) is 9.49. The van der Waals surface area contributed by atoms with Crippen molar-refractivity contribution in [2.24, 2.45) is 0 Å². The Balaban J connectivity index is 2.03. The summed E-state index contributed by atoms with van der Waals surface area (Å²) < 4.78 is 37.8. The average molecular weight is 318 g/mol. The smallest absolute Gasteiger partial charge is 0.357 e. The molecule has 0 bridgehead atoms. The molecule has 0 aliphatic heterocycles. The molecule has 4 nitrogen and oxygen atoms in total. The van der Waals surface area contributed by atoms with Crippen molar-refractivity contribution in [1.82, 2.24) is 15.2 Å². The number of alkyl halides is 3. The fraction of sp³-hybridized carbons (Fsp3) is 0.182.